The van der Waals surface area contributed by atoms with Gasteiger partial charge in [0.2, 0.25) is 0 Å². The molecule has 6 heteroatoms. The predicted octanol–water partition coefficient (Wildman–Crippen LogP) is 6.06. The van der Waals surface area contributed by atoms with E-state index in [1.807, 2.05) is 24.0 Å². The van der Waals surface area contributed by atoms with Gasteiger partial charge in [0.15, 0.2) is 0 Å². The van der Waals surface area contributed by atoms with Gasteiger partial charge in [-0.05, 0) is 51.3 Å². The van der Waals surface area contributed by atoms with Crippen molar-refractivity contribution >= 4 is 28.3 Å². The molecule has 3 heterocycles. The number of aryl methyl sites for hydroxylation is 4. The molecular weight excluding hydrogens is 416 g/mol. The van der Waals surface area contributed by atoms with E-state index in [1.54, 1.807) is 11.3 Å². The van der Waals surface area contributed by atoms with Crippen LogP contribution in [0.25, 0.3) is 21.5 Å². The Morgan fingerprint density at radius 2 is 1.88 bits per heavy atom. The van der Waals surface area contributed by atoms with E-state index in [2.05, 4.69) is 61.6 Å². The molecule has 0 spiro atoms. The molecule has 1 aliphatic rings. The number of aromatic amines is 1. The topological polar surface area (TPSA) is 61.9 Å². The van der Waals surface area contributed by atoms with Crippen molar-refractivity contribution in [3.8, 4) is 10.4 Å². The number of para-hydroxylation sites is 1. The average molecular weight is 443 g/mol. The highest BCUT2D eigenvalue weighted by atomic mass is 32.1. The molecule has 2 aromatic carbocycles. The Hall–Kier alpha value is -3.25. The molecule has 1 atom stereocenters. The van der Waals surface area contributed by atoms with E-state index >= 15 is 0 Å². The van der Waals surface area contributed by atoms with Crippen molar-refractivity contribution in [3.05, 3.63) is 81.8 Å². The number of imidazole rings is 1. The number of fused-ring (bicyclic) bond motifs is 1. The van der Waals surface area contributed by atoms with Crippen LogP contribution in [0.5, 0.6) is 0 Å². The summed E-state index contributed by atoms with van der Waals surface area (Å²) in [4.78, 5) is 29.6. The molecule has 4 aromatic rings. The lowest BCUT2D eigenvalue weighted by atomic mass is 10.0. The lowest BCUT2D eigenvalue weighted by Crippen LogP contribution is -2.31. The summed E-state index contributed by atoms with van der Waals surface area (Å²) >= 11 is 1.57. The second-order valence-electron chi connectivity index (χ2n) is 8.78. The van der Waals surface area contributed by atoms with Crippen molar-refractivity contribution in [2.24, 2.45) is 0 Å². The number of amides is 1. The van der Waals surface area contributed by atoms with E-state index in [0.717, 1.165) is 43.4 Å². The van der Waals surface area contributed by atoms with Crippen LogP contribution in [0.15, 0.2) is 48.6 Å². The van der Waals surface area contributed by atoms with E-state index in [-0.39, 0.29) is 11.9 Å². The molecular formula is C26H26N4OS. The molecule has 2 aromatic heterocycles. The van der Waals surface area contributed by atoms with Gasteiger partial charge in [-0.25, -0.2) is 9.97 Å². The Bertz CT molecular complexity index is 1360. The van der Waals surface area contributed by atoms with Crippen LogP contribution in [-0.4, -0.2) is 32.3 Å². The molecule has 32 heavy (non-hydrogen) atoms. The van der Waals surface area contributed by atoms with Gasteiger partial charge >= 0.3 is 0 Å². The Morgan fingerprint density at radius 3 is 2.59 bits per heavy atom. The molecule has 0 bridgehead atoms. The van der Waals surface area contributed by atoms with E-state index in [9.17, 15) is 4.79 Å². The Morgan fingerprint density at radius 1 is 1.12 bits per heavy atom. The summed E-state index contributed by atoms with van der Waals surface area (Å²) < 4.78 is 0. The van der Waals surface area contributed by atoms with Crippen molar-refractivity contribution < 1.29 is 4.79 Å². The minimum absolute atomic E-state index is 0.0654. The zero-order chi connectivity index (χ0) is 22.6. The van der Waals surface area contributed by atoms with Crippen molar-refractivity contribution in [1.82, 2.24) is 19.9 Å². The fraction of sp³-hybridized carbons (Fsp3) is 0.269. The van der Waals surface area contributed by atoms with Crippen LogP contribution < -0.4 is 0 Å². The summed E-state index contributed by atoms with van der Waals surface area (Å²) in [6.45, 7) is 12.9. The normalized spacial score (nSPS) is 16.3. The predicted molar refractivity (Wildman–Crippen MR) is 130 cm³/mol. The second kappa shape index (κ2) is 7.71. The molecule has 1 N–H and O–H groups in total. The van der Waals surface area contributed by atoms with Gasteiger partial charge in [0.1, 0.15) is 11.5 Å². The van der Waals surface area contributed by atoms with Gasteiger partial charge in [-0.15, -0.1) is 11.3 Å². The highest BCUT2D eigenvalue weighted by molar-refractivity contribution is 7.15. The van der Waals surface area contributed by atoms with E-state index in [1.165, 1.54) is 11.1 Å². The van der Waals surface area contributed by atoms with E-state index in [4.69, 9.17) is 4.98 Å². The fourth-order valence-corrected chi connectivity index (χ4v) is 5.52. The highest BCUT2D eigenvalue weighted by Gasteiger charge is 2.36. The Kier molecular flexibility index (Phi) is 4.97. The maximum atomic E-state index is 13.8. The third-order valence-electron chi connectivity index (χ3n) is 5.98. The van der Waals surface area contributed by atoms with Crippen LogP contribution in [0.2, 0.25) is 0 Å². The zero-order valence-corrected chi connectivity index (χ0v) is 19.6. The van der Waals surface area contributed by atoms with Crippen LogP contribution in [0.3, 0.4) is 0 Å². The SMILES string of the molecule is C=C1C[C@@H](c2nc3c(C)cccc3[nH]2)N(C(=O)c2nc(C)sc2-c2cc(C)cc(C)c2)C1. The maximum absolute atomic E-state index is 13.8. The van der Waals surface area contributed by atoms with Gasteiger partial charge in [-0.3, -0.25) is 4.79 Å². The second-order valence-corrected chi connectivity index (χ2v) is 9.99. The molecule has 0 aliphatic carbocycles. The number of likely N-dealkylation sites (tertiary alicyclic amines) is 1. The summed E-state index contributed by atoms with van der Waals surface area (Å²) in [5.41, 5.74) is 8.00. The third kappa shape index (κ3) is 3.54. The minimum atomic E-state index is -0.170. The number of nitrogens with one attached hydrogen (secondary N) is 1. The number of hydrogen-bond donors (Lipinski definition) is 1. The first-order valence-electron chi connectivity index (χ1n) is 10.8. The maximum Gasteiger partial charge on any atom is 0.274 e. The summed E-state index contributed by atoms with van der Waals surface area (Å²) in [7, 11) is 0. The van der Waals surface area contributed by atoms with Gasteiger partial charge in [0, 0.05) is 6.54 Å². The van der Waals surface area contributed by atoms with E-state index < -0.39 is 0 Å². The molecule has 1 fully saturated rings. The van der Waals surface area contributed by atoms with Crippen LogP contribution in [0, 0.1) is 27.7 Å². The number of benzene rings is 2. The van der Waals surface area contributed by atoms with Crippen LogP contribution >= 0.6 is 11.3 Å². The van der Waals surface area contributed by atoms with Crippen LogP contribution in [0.1, 0.15) is 50.5 Å². The monoisotopic (exact) mass is 442 g/mol. The number of nitrogens with zero attached hydrogens (tertiary/aromatic N) is 3. The van der Waals surface area contributed by atoms with Gasteiger partial charge in [-0.1, -0.05) is 53.6 Å². The number of thiazole rings is 1. The van der Waals surface area contributed by atoms with Gasteiger partial charge in [-0.2, -0.15) is 0 Å². The lowest BCUT2D eigenvalue weighted by Gasteiger charge is -2.22. The van der Waals surface area contributed by atoms with Crippen molar-refractivity contribution in [3.63, 3.8) is 0 Å². The third-order valence-corrected chi connectivity index (χ3v) is 7.00. The van der Waals surface area contributed by atoms with Crippen molar-refractivity contribution in [2.75, 3.05) is 6.54 Å². The smallest absolute Gasteiger partial charge is 0.274 e. The number of carbonyl (C=O) groups is 1. The lowest BCUT2D eigenvalue weighted by molar-refractivity contribution is 0.0728. The first kappa shape index (κ1) is 20.6. The number of aromatic nitrogens is 3. The number of carbonyl (C=O) groups excluding carboxylic acids is 1. The molecule has 0 saturated carbocycles. The average Bonchev–Trinajstić information content (AvgIpc) is 3.43. The molecule has 1 amide bonds. The molecule has 1 aliphatic heterocycles. The molecule has 5 nitrogen and oxygen atoms in total. The molecule has 162 valence electrons. The Labute approximate surface area is 191 Å². The van der Waals surface area contributed by atoms with Gasteiger partial charge in [0.25, 0.3) is 5.91 Å². The summed E-state index contributed by atoms with van der Waals surface area (Å²) in [6, 6.07) is 12.3. The summed E-state index contributed by atoms with van der Waals surface area (Å²) in [5.74, 6) is 0.741. The van der Waals surface area contributed by atoms with Crippen molar-refractivity contribution in [1.29, 1.82) is 0 Å². The van der Waals surface area contributed by atoms with Gasteiger partial charge in [0.05, 0.1) is 27.0 Å². The fourth-order valence-electron chi connectivity index (χ4n) is 4.62. The molecule has 1 saturated heterocycles. The standard InChI is InChI=1S/C26H26N4OS/c1-14-9-15(2)11-19(10-14)24-23(27-18(5)32-24)26(31)30-13-16(3)12-21(30)25-28-20-8-6-7-17(4)22(20)29-25/h6-11,21H,3,12-13H2,1-2,4-5H3,(H,28,29)/t21-/m0/s1. The first-order valence-corrected chi connectivity index (χ1v) is 11.6. The molecule has 0 unspecified atom stereocenters. The van der Waals surface area contributed by atoms with Crippen LogP contribution in [0.4, 0.5) is 0 Å². The Balaban J connectivity index is 1.56. The first-order chi connectivity index (χ1) is 15.3. The van der Waals surface area contributed by atoms with Crippen molar-refractivity contribution in [2.45, 2.75) is 40.2 Å². The quantitative estimate of drug-likeness (QED) is 0.392. The molecule has 5 rings (SSSR count). The largest absolute Gasteiger partial charge is 0.340 e. The van der Waals surface area contributed by atoms with Crippen LogP contribution in [-0.2, 0) is 0 Å². The molecule has 0 radical (unpaired) electrons. The number of hydrogen-bond acceptors (Lipinski definition) is 4. The van der Waals surface area contributed by atoms with Gasteiger partial charge < -0.3 is 9.88 Å². The zero-order valence-electron chi connectivity index (χ0n) is 18.8. The number of rotatable bonds is 3. The summed E-state index contributed by atoms with van der Waals surface area (Å²) in [5, 5.41) is 0.886. The van der Waals surface area contributed by atoms with E-state index in [0.29, 0.717) is 18.7 Å². The highest BCUT2D eigenvalue weighted by Crippen LogP contribution is 2.38. The number of H-pyrrole nitrogens is 1. The minimum Gasteiger partial charge on any atom is -0.340 e. The summed E-state index contributed by atoms with van der Waals surface area (Å²) in [6.07, 6.45) is 0.701.